The molecule has 0 spiro atoms. The second-order valence-corrected chi connectivity index (χ2v) is 8.46. The van der Waals surface area contributed by atoms with E-state index in [0.29, 0.717) is 44.8 Å². The molecular weight excluding hydrogens is 471 g/mol. The fraction of sp³-hybridized carbons (Fsp3) is 0.478. The number of hydrogen-bond donors (Lipinski definition) is 1. The van der Waals surface area contributed by atoms with Gasteiger partial charge in [0.05, 0.1) is 42.0 Å². The van der Waals surface area contributed by atoms with Gasteiger partial charge >= 0.3 is 12.1 Å². The molecule has 188 valence electrons. The highest BCUT2D eigenvalue weighted by atomic mass is 19.4. The number of esters is 1. The van der Waals surface area contributed by atoms with Gasteiger partial charge in [-0.3, -0.25) is 24.1 Å². The van der Waals surface area contributed by atoms with E-state index >= 15 is 0 Å². The Morgan fingerprint density at radius 1 is 1.06 bits per heavy atom. The van der Waals surface area contributed by atoms with Gasteiger partial charge in [-0.2, -0.15) is 13.2 Å². The third-order valence-corrected chi connectivity index (χ3v) is 6.20. The number of alkyl halides is 3. The zero-order chi connectivity index (χ0) is 25.2. The molecule has 1 aliphatic carbocycles. The van der Waals surface area contributed by atoms with E-state index < -0.39 is 60.4 Å². The monoisotopic (exact) mass is 495 g/mol. The Hall–Kier alpha value is -3.41. The smallest absolute Gasteiger partial charge is 0.416 e. The number of amides is 3. The van der Waals surface area contributed by atoms with Gasteiger partial charge in [0.25, 0.3) is 5.91 Å². The molecule has 0 bridgehead atoms. The molecule has 2 heterocycles. The molecule has 0 radical (unpaired) electrons. The summed E-state index contributed by atoms with van der Waals surface area (Å²) in [5.41, 5.74) is -0.640. The first-order valence-corrected chi connectivity index (χ1v) is 11.1. The number of carbonyl (C=O) groups excluding carboxylic acids is 4. The van der Waals surface area contributed by atoms with Gasteiger partial charge in [-0.1, -0.05) is 12.2 Å². The fourth-order valence-corrected chi connectivity index (χ4v) is 4.42. The van der Waals surface area contributed by atoms with E-state index in [-0.39, 0.29) is 5.69 Å². The number of halogens is 3. The Kier molecular flexibility index (Phi) is 7.10. The average Bonchev–Trinajstić information content (AvgIpc) is 3.08. The molecule has 1 N–H and O–H groups in total. The van der Waals surface area contributed by atoms with Crippen LogP contribution in [-0.2, 0) is 34.8 Å². The number of anilines is 2. The van der Waals surface area contributed by atoms with Crippen LogP contribution < -0.4 is 10.2 Å². The third-order valence-electron chi connectivity index (χ3n) is 6.20. The molecule has 2 fully saturated rings. The van der Waals surface area contributed by atoms with E-state index in [1.54, 1.807) is 4.90 Å². The second-order valence-electron chi connectivity index (χ2n) is 8.46. The summed E-state index contributed by atoms with van der Waals surface area (Å²) in [6, 6.07) is 3.02. The Bertz CT molecular complexity index is 1030. The molecule has 0 saturated carbocycles. The van der Waals surface area contributed by atoms with Crippen molar-refractivity contribution in [1.29, 1.82) is 0 Å². The number of imide groups is 1. The summed E-state index contributed by atoms with van der Waals surface area (Å²) in [6.45, 7) is 0.218. The summed E-state index contributed by atoms with van der Waals surface area (Å²) in [7, 11) is 0. The predicted octanol–water partition coefficient (Wildman–Crippen LogP) is 1.97. The zero-order valence-electron chi connectivity index (χ0n) is 18.7. The first-order chi connectivity index (χ1) is 16.6. The van der Waals surface area contributed by atoms with Gasteiger partial charge < -0.3 is 19.7 Å². The summed E-state index contributed by atoms with van der Waals surface area (Å²) in [5.74, 6) is -3.73. The number of hydrogen-bond acceptors (Lipinski definition) is 7. The largest absolute Gasteiger partial charge is 0.454 e. The van der Waals surface area contributed by atoms with Crippen LogP contribution in [0.15, 0.2) is 30.4 Å². The average molecular weight is 495 g/mol. The second kappa shape index (κ2) is 10.1. The van der Waals surface area contributed by atoms with Crippen molar-refractivity contribution < 1.29 is 41.8 Å². The number of morpholine rings is 1. The number of nitrogens with zero attached hydrogens (tertiary/aromatic N) is 2. The predicted molar refractivity (Wildman–Crippen MR) is 116 cm³/mol. The Morgan fingerprint density at radius 3 is 2.29 bits per heavy atom. The lowest BCUT2D eigenvalue weighted by Gasteiger charge is -2.31. The van der Waals surface area contributed by atoms with Crippen LogP contribution in [0.25, 0.3) is 0 Å². The molecule has 2 saturated heterocycles. The highest BCUT2D eigenvalue weighted by molar-refractivity contribution is 6.07. The summed E-state index contributed by atoms with van der Waals surface area (Å²) in [4.78, 5) is 52.1. The van der Waals surface area contributed by atoms with E-state index in [2.05, 4.69) is 5.32 Å². The number of carbonyl (C=O) groups is 4. The van der Waals surface area contributed by atoms with Gasteiger partial charge in [0, 0.05) is 13.1 Å². The first kappa shape index (κ1) is 24.7. The molecule has 4 rings (SSSR count). The quantitative estimate of drug-likeness (QED) is 0.366. The van der Waals surface area contributed by atoms with E-state index in [9.17, 15) is 32.3 Å². The lowest BCUT2D eigenvalue weighted by molar-refractivity contribution is -0.154. The molecule has 2 atom stereocenters. The maximum absolute atomic E-state index is 13.2. The van der Waals surface area contributed by atoms with Crippen molar-refractivity contribution in [2.45, 2.75) is 19.0 Å². The topological polar surface area (TPSA) is 105 Å². The standard InChI is InChI=1S/C23H24F3N3O6/c24-23(25,26)14-5-6-18(28-7-9-34-10-8-28)17(11-14)27-19(30)13-35-20(31)12-29-21(32)15-3-1-2-4-16(15)22(29)33/h1-2,5-6,11,15-16H,3-4,7-10,12-13H2,(H,27,30)/t15-,16-/m0/s1. The Labute approximate surface area is 198 Å². The van der Waals surface area contributed by atoms with Gasteiger partial charge in [-0.25, -0.2) is 0 Å². The summed E-state index contributed by atoms with van der Waals surface area (Å²) < 4.78 is 49.8. The molecular formula is C23H24F3N3O6. The van der Waals surface area contributed by atoms with Crippen LogP contribution >= 0.6 is 0 Å². The van der Waals surface area contributed by atoms with Crippen LogP contribution in [0.1, 0.15) is 18.4 Å². The molecule has 1 aromatic carbocycles. The molecule has 12 heteroatoms. The number of benzene rings is 1. The molecule has 35 heavy (non-hydrogen) atoms. The van der Waals surface area contributed by atoms with Gasteiger partial charge in [-0.15, -0.1) is 0 Å². The number of ether oxygens (including phenoxy) is 2. The van der Waals surface area contributed by atoms with E-state index in [0.717, 1.165) is 17.0 Å². The summed E-state index contributed by atoms with van der Waals surface area (Å²) in [6.07, 6.45) is -0.136. The SMILES string of the molecule is O=C(COC(=O)CN1C(=O)[C@H]2CC=CC[C@@H]2C1=O)Nc1cc(C(F)(F)F)ccc1N1CCOCC1. The number of likely N-dealkylation sites (tertiary alicyclic amines) is 1. The molecule has 3 amide bonds. The van der Waals surface area contributed by atoms with Crippen LogP contribution in [0.3, 0.4) is 0 Å². The minimum absolute atomic E-state index is 0.0794. The van der Waals surface area contributed by atoms with E-state index in [1.807, 2.05) is 12.2 Å². The highest BCUT2D eigenvalue weighted by Crippen LogP contribution is 2.36. The molecule has 1 aromatic rings. The van der Waals surface area contributed by atoms with Crippen molar-refractivity contribution in [2.24, 2.45) is 11.8 Å². The van der Waals surface area contributed by atoms with Crippen molar-refractivity contribution in [3.63, 3.8) is 0 Å². The normalized spacial score (nSPS) is 22.3. The van der Waals surface area contributed by atoms with E-state index in [1.165, 1.54) is 6.07 Å². The van der Waals surface area contributed by atoms with Gasteiger partial charge in [-0.05, 0) is 31.0 Å². The molecule has 2 aliphatic heterocycles. The van der Waals surface area contributed by atoms with Crippen LogP contribution in [0.4, 0.5) is 24.5 Å². The fourth-order valence-electron chi connectivity index (χ4n) is 4.42. The van der Waals surface area contributed by atoms with Crippen molar-refractivity contribution in [1.82, 2.24) is 4.90 Å². The summed E-state index contributed by atoms with van der Waals surface area (Å²) in [5, 5.41) is 2.37. The van der Waals surface area contributed by atoms with Crippen LogP contribution in [-0.4, -0.2) is 68.0 Å². The maximum Gasteiger partial charge on any atom is 0.416 e. The van der Waals surface area contributed by atoms with Gasteiger partial charge in [0.1, 0.15) is 6.54 Å². The van der Waals surface area contributed by atoms with Crippen molar-refractivity contribution >= 4 is 35.1 Å². The molecule has 0 aromatic heterocycles. The molecule has 9 nitrogen and oxygen atoms in total. The Morgan fingerprint density at radius 2 is 1.69 bits per heavy atom. The number of rotatable bonds is 6. The van der Waals surface area contributed by atoms with Crippen molar-refractivity contribution in [3.8, 4) is 0 Å². The minimum atomic E-state index is -4.61. The Balaban J connectivity index is 1.37. The van der Waals surface area contributed by atoms with Crippen LogP contribution in [0.5, 0.6) is 0 Å². The van der Waals surface area contributed by atoms with E-state index in [4.69, 9.17) is 9.47 Å². The first-order valence-electron chi connectivity index (χ1n) is 11.1. The molecule has 0 unspecified atom stereocenters. The van der Waals surface area contributed by atoms with Gasteiger partial charge in [0.2, 0.25) is 11.8 Å². The number of nitrogens with one attached hydrogen (secondary N) is 1. The van der Waals surface area contributed by atoms with Crippen molar-refractivity contribution in [2.75, 3.05) is 49.7 Å². The third kappa shape index (κ3) is 5.47. The molecule has 3 aliphatic rings. The lowest BCUT2D eigenvalue weighted by Crippen LogP contribution is -2.38. The number of allylic oxidation sites excluding steroid dienone is 2. The number of fused-ring (bicyclic) bond motifs is 1. The lowest BCUT2D eigenvalue weighted by atomic mass is 9.85. The maximum atomic E-state index is 13.2. The van der Waals surface area contributed by atoms with Crippen LogP contribution in [0.2, 0.25) is 0 Å². The van der Waals surface area contributed by atoms with Crippen molar-refractivity contribution in [3.05, 3.63) is 35.9 Å². The highest BCUT2D eigenvalue weighted by Gasteiger charge is 2.47. The zero-order valence-corrected chi connectivity index (χ0v) is 18.7. The summed E-state index contributed by atoms with van der Waals surface area (Å²) >= 11 is 0. The van der Waals surface area contributed by atoms with Gasteiger partial charge in [0.15, 0.2) is 6.61 Å². The minimum Gasteiger partial charge on any atom is -0.454 e. The van der Waals surface area contributed by atoms with Crippen LogP contribution in [0, 0.1) is 11.8 Å².